The van der Waals surface area contributed by atoms with Crippen LogP contribution in [-0.2, 0) is 9.63 Å². The Labute approximate surface area is 98.1 Å². The van der Waals surface area contributed by atoms with Gasteiger partial charge in [0.1, 0.15) is 6.04 Å². The molecule has 1 amide bonds. The van der Waals surface area contributed by atoms with E-state index in [2.05, 4.69) is 24.6 Å². The number of hydroxylamine groups is 1. The predicted octanol–water partition coefficient (Wildman–Crippen LogP) is 1.61. The maximum Gasteiger partial charge on any atom is 0.239 e. The van der Waals surface area contributed by atoms with Crippen molar-refractivity contribution in [2.45, 2.75) is 58.6 Å². The summed E-state index contributed by atoms with van der Waals surface area (Å²) in [5, 5.41) is 2.88. The largest absolute Gasteiger partial charge is 0.354 e. The third kappa shape index (κ3) is 4.94. The first-order valence-corrected chi connectivity index (χ1v) is 6.28. The van der Waals surface area contributed by atoms with Crippen molar-refractivity contribution in [1.29, 1.82) is 0 Å². The highest BCUT2D eigenvalue weighted by molar-refractivity contribution is 5.81. The van der Waals surface area contributed by atoms with E-state index in [1.165, 1.54) is 12.8 Å². The van der Waals surface area contributed by atoms with E-state index in [-0.39, 0.29) is 11.9 Å². The monoisotopic (exact) mass is 228 g/mol. The average molecular weight is 228 g/mol. The quantitative estimate of drug-likeness (QED) is 0.679. The normalized spacial score (nSPS) is 19.0. The number of nitrogens with one attached hydrogen (secondary N) is 2. The van der Waals surface area contributed by atoms with Crippen LogP contribution in [0, 0.1) is 5.92 Å². The fourth-order valence-corrected chi connectivity index (χ4v) is 1.72. The molecule has 94 valence electrons. The van der Waals surface area contributed by atoms with Gasteiger partial charge in [-0.15, -0.1) is 0 Å². The fourth-order valence-electron chi connectivity index (χ4n) is 1.72. The first kappa shape index (κ1) is 13.5. The molecular weight excluding hydrogens is 204 g/mol. The second-order valence-electron chi connectivity index (χ2n) is 5.00. The summed E-state index contributed by atoms with van der Waals surface area (Å²) in [6.45, 7) is 6.69. The molecule has 0 heterocycles. The highest BCUT2D eigenvalue weighted by Crippen LogP contribution is 2.19. The lowest BCUT2D eigenvalue weighted by Gasteiger charge is -2.17. The topological polar surface area (TPSA) is 50.4 Å². The molecule has 1 unspecified atom stereocenters. The van der Waals surface area contributed by atoms with Gasteiger partial charge in [0, 0.05) is 6.54 Å². The van der Waals surface area contributed by atoms with Crippen molar-refractivity contribution in [3.05, 3.63) is 0 Å². The zero-order chi connectivity index (χ0) is 12.0. The Kier molecular flexibility index (Phi) is 5.77. The van der Waals surface area contributed by atoms with Crippen molar-refractivity contribution in [2.24, 2.45) is 5.92 Å². The standard InChI is InChI=1S/C12H24N2O2/c1-9(2)8-13-12(15)10(3)14-16-11-6-4-5-7-11/h9-11,14H,4-8H2,1-3H3,(H,13,15). The van der Waals surface area contributed by atoms with Gasteiger partial charge >= 0.3 is 0 Å². The van der Waals surface area contributed by atoms with Gasteiger partial charge in [-0.1, -0.05) is 26.7 Å². The van der Waals surface area contributed by atoms with Crippen LogP contribution in [0.15, 0.2) is 0 Å². The predicted molar refractivity (Wildman–Crippen MR) is 63.8 cm³/mol. The van der Waals surface area contributed by atoms with Crippen LogP contribution in [0.4, 0.5) is 0 Å². The minimum absolute atomic E-state index is 0.00620. The molecule has 0 bridgehead atoms. The van der Waals surface area contributed by atoms with E-state index in [1.54, 1.807) is 0 Å². The molecule has 1 fully saturated rings. The van der Waals surface area contributed by atoms with Gasteiger partial charge in [-0.3, -0.25) is 9.63 Å². The Balaban J connectivity index is 2.12. The third-order valence-electron chi connectivity index (χ3n) is 2.79. The van der Waals surface area contributed by atoms with Crippen molar-refractivity contribution in [3.63, 3.8) is 0 Å². The van der Waals surface area contributed by atoms with Crippen LogP contribution < -0.4 is 10.8 Å². The summed E-state index contributed by atoms with van der Waals surface area (Å²) in [6.07, 6.45) is 4.97. The van der Waals surface area contributed by atoms with Gasteiger partial charge in [0.15, 0.2) is 0 Å². The van der Waals surface area contributed by atoms with Crippen LogP contribution in [0.5, 0.6) is 0 Å². The van der Waals surface area contributed by atoms with Crippen LogP contribution in [0.3, 0.4) is 0 Å². The van der Waals surface area contributed by atoms with E-state index in [4.69, 9.17) is 4.84 Å². The van der Waals surface area contributed by atoms with Crippen molar-refractivity contribution in [1.82, 2.24) is 10.8 Å². The Hall–Kier alpha value is -0.610. The lowest BCUT2D eigenvalue weighted by molar-refractivity contribution is -0.129. The van der Waals surface area contributed by atoms with E-state index in [1.807, 2.05) is 6.92 Å². The molecule has 0 aromatic carbocycles. The number of hydrogen-bond acceptors (Lipinski definition) is 3. The Morgan fingerprint density at radius 2 is 1.94 bits per heavy atom. The van der Waals surface area contributed by atoms with Gasteiger partial charge < -0.3 is 5.32 Å². The lowest BCUT2D eigenvalue weighted by Crippen LogP contribution is -2.44. The Morgan fingerprint density at radius 3 is 2.50 bits per heavy atom. The number of carbonyl (C=O) groups is 1. The zero-order valence-corrected chi connectivity index (χ0v) is 10.6. The van der Waals surface area contributed by atoms with Gasteiger partial charge in [0.2, 0.25) is 5.91 Å². The maximum atomic E-state index is 11.6. The molecule has 0 radical (unpaired) electrons. The first-order chi connectivity index (χ1) is 7.59. The third-order valence-corrected chi connectivity index (χ3v) is 2.79. The van der Waals surface area contributed by atoms with Gasteiger partial charge in [-0.2, -0.15) is 5.48 Å². The molecule has 1 rings (SSSR count). The van der Waals surface area contributed by atoms with E-state index >= 15 is 0 Å². The molecule has 1 aliphatic carbocycles. The molecule has 0 aromatic heterocycles. The van der Waals surface area contributed by atoms with Crippen LogP contribution in [0.25, 0.3) is 0 Å². The lowest BCUT2D eigenvalue weighted by atomic mass is 10.2. The van der Waals surface area contributed by atoms with Crippen LogP contribution >= 0.6 is 0 Å². The van der Waals surface area contributed by atoms with Gasteiger partial charge in [0.25, 0.3) is 0 Å². The van der Waals surface area contributed by atoms with Gasteiger partial charge in [-0.25, -0.2) is 0 Å². The van der Waals surface area contributed by atoms with Crippen molar-refractivity contribution in [3.8, 4) is 0 Å². The molecule has 2 N–H and O–H groups in total. The average Bonchev–Trinajstić information content (AvgIpc) is 2.75. The molecule has 1 atom stereocenters. The molecule has 1 saturated carbocycles. The summed E-state index contributed by atoms with van der Waals surface area (Å²) < 4.78 is 0. The molecule has 0 spiro atoms. The second-order valence-corrected chi connectivity index (χ2v) is 5.00. The molecule has 0 aliphatic heterocycles. The number of rotatable bonds is 6. The molecule has 0 saturated heterocycles. The maximum absolute atomic E-state index is 11.6. The highest BCUT2D eigenvalue weighted by Gasteiger charge is 2.18. The summed E-state index contributed by atoms with van der Waals surface area (Å²) in [6, 6.07) is -0.278. The van der Waals surface area contributed by atoms with Gasteiger partial charge in [0.05, 0.1) is 6.10 Å². The second kappa shape index (κ2) is 6.86. The van der Waals surface area contributed by atoms with E-state index in [9.17, 15) is 4.79 Å². The Morgan fingerprint density at radius 1 is 1.31 bits per heavy atom. The number of carbonyl (C=O) groups excluding carboxylic acids is 1. The molecule has 16 heavy (non-hydrogen) atoms. The molecule has 1 aliphatic rings. The molecule has 0 aromatic rings. The van der Waals surface area contributed by atoms with E-state index in [0.29, 0.717) is 18.6 Å². The zero-order valence-electron chi connectivity index (χ0n) is 10.6. The van der Waals surface area contributed by atoms with Crippen molar-refractivity contribution in [2.75, 3.05) is 6.54 Å². The summed E-state index contributed by atoms with van der Waals surface area (Å²) in [5.41, 5.74) is 2.84. The van der Waals surface area contributed by atoms with Crippen molar-refractivity contribution < 1.29 is 9.63 Å². The molecular formula is C12H24N2O2. The summed E-state index contributed by atoms with van der Waals surface area (Å²) in [7, 11) is 0. The SMILES string of the molecule is CC(C)CNC(=O)C(C)NOC1CCCC1. The van der Waals surface area contributed by atoms with E-state index < -0.39 is 0 Å². The van der Waals surface area contributed by atoms with Crippen LogP contribution in [-0.4, -0.2) is 24.6 Å². The minimum atomic E-state index is -0.278. The summed E-state index contributed by atoms with van der Waals surface area (Å²) in [5.74, 6) is 0.485. The van der Waals surface area contributed by atoms with E-state index in [0.717, 1.165) is 12.8 Å². The minimum Gasteiger partial charge on any atom is -0.354 e. The van der Waals surface area contributed by atoms with Crippen LogP contribution in [0.1, 0.15) is 46.5 Å². The first-order valence-electron chi connectivity index (χ1n) is 6.28. The van der Waals surface area contributed by atoms with Gasteiger partial charge in [-0.05, 0) is 25.7 Å². The number of amides is 1. The fraction of sp³-hybridized carbons (Fsp3) is 0.917. The Bertz CT molecular complexity index is 213. The van der Waals surface area contributed by atoms with Crippen molar-refractivity contribution >= 4 is 5.91 Å². The number of hydrogen-bond donors (Lipinski definition) is 2. The van der Waals surface area contributed by atoms with Crippen LogP contribution in [0.2, 0.25) is 0 Å². The molecule has 4 heteroatoms. The smallest absolute Gasteiger partial charge is 0.239 e. The molecule has 4 nitrogen and oxygen atoms in total. The summed E-state index contributed by atoms with van der Waals surface area (Å²) in [4.78, 5) is 17.1. The highest BCUT2D eigenvalue weighted by atomic mass is 16.7. The summed E-state index contributed by atoms with van der Waals surface area (Å²) >= 11 is 0.